The Morgan fingerprint density at radius 1 is 1.22 bits per heavy atom. The number of rotatable bonds is 4. The van der Waals surface area contributed by atoms with Crippen molar-refractivity contribution in [3.8, 4) is 11.3 Å². The maximum absolute atomic E-state index is 12.6. The Balaban J connectivity index is 1.71. The Hall–Kier alpha value is -2.07. The number of carbonyl (C=O) groups excluding carboxylic acids is 1. The second-order valence-electron chi connectivity index (χ2n) is 6.41. The van der Waals surface area contributed by atoms with Gasteiger partial charge in [-0.15, -0.1) is 0 Å². The van der Waals surface area contributed by atoms with Gasteiger partial charge in [-0.25, -0.2) is 0 Å². The Kier molecular flexibility index (Phi) is 4.53. The lowest BCUT2D eigenvalue weighted by Gasteiger charge is -2.16. The van der Waals surface area contributed by atoms with Crippen molar-refractivity contribution in [3.05, 3.63) is 47.7 Å². The lowest BCUT2D eigenvalue weighted by molar-refractivity contribution is 0.0785. The summed E-state index contributed by atoms with van der Waals surface area (Å²) < 4.78 is 5.61. The minimum Gasteiger partial charge on any atom is -0.461 e. The van der Waals surface area contributed by atoms with Gasteiger partial charge in [0.2, 0.25) is 0 Å². The highest BCUT2D eigenvalue weighted by atomic mass is 16.3. The van der Waals surface area contributed by atoms with Crippen LogP contribution < -0.4 is 5.73 Å². The maximum atomic E-state index is 12.6. The lowest BCUT2D eigenvalue weighted by Crippen LogP contribution is -2.32. The molecule has 2 aromatic rings. The second kappa shape index (κ2) is 6.59. The van der Waals surface area contributed by atoms with Crippen LogP contribution in [0, 0.1) is 12.8 Å². The Morgan fingerprint density at radius 2 is 1.96 bits per heavy atom. The molecule has 1 aromatic carbocycles. The van der Waals surface area contributed by atoms with E-state index in [9.17, 15) is 4.79 Å². The van der Waals surface area contributed by atoms with Crippen LogP contribution in [0.3, 0.4) is 0 Å². The largest absolute Gasteiger partial charge is 0.461 e. The highest BCUT2D eigenvalue weighted by Crippen LogP contribution is 2.25. The van der Waals surface area contributed by atoms with Gasteiger partial charge in [0.25, 0.3) is 5.91 Å². The molecule has 1 aliphatic heterocycles. The standard InChI is InChI=1S/C19H24N2O2/c1-3-4-16-11-21(12-17(16)20)19(22)15-8-6-14(7-9-15)18-10-5-13(2)23-18/h5-10,16-17H,3-4,11-12,20H2,1-2H3. The molecule has 2 unspecified atom stereocenters. The van der Waals surface area contributed by atoms with Gasteiger partial charge in [0.15, 0.2) is 0 Å². The summed E-state index contributed by atoms with van der Waals surface area (Å²) in [5.74, 6) is 2.21. The molecule has 122 valence electrons. The molecule has 1 amide bonds. The minimum absolute atomic E-state index is 0.0706. The van der Waals surface area contributed by atoms with E-state index in [4.69, 9.17) is 10.2 Å². The smallest absolute Gasteiger partial charge is 0.253 e. The number of nitrogens with zero attached hydrogens (tertiary/aromatic N) is 1. The van der Waals surface area contributed by atoms with E-state index in [-0.39, 0.29) is 11.9 Å². The molecule has 4 heteroatoms. The van der Waals surface area contributed by atoms with Crippen LogP contribution in [0.4, 0.5) is 0 Å². The third kappa shape index (κ3) is 3.32. The summed E-state index contributed by atoms with van der Waals surface area (Å²) in [5, 5.41) is 0. The van der Waals surface area contributed by atoms with Gasteiger partial charge < -0.3 is 15.1 Å². The van der Waals surface area contributed by atoms with Crippen LogP contribution in [-0.4, -0.2) is 29.9 Å². The number of carbonyl (C=O) groups is 1. The van der Waals surface area contributed by atoms with Gasteiger partial charge >= 0.3 is 0 Å². The first-order valence-corrected chi connectivity index (χ1v) is 8.30. The molecule has 2 heterocycles. The first kappa shape index (κ1) is 15.8. The molecule has 23 heavy (non-hydrogen) atoms. The van der Waals surface area contributed by atoms with Crippen molar-refractivity contribution in [1.82, 2.24) is 4.90 Å². The summed E-state index contributed by atoms with van der Waals surface area (Å²) in [4.78, 5) is 14.5. The summed E-state index contributed by atoms with van der Waals surface area (Å²) >= 11 is 0. The lowest BCUT2D eigenvalue weighted by atomic mass is 9.99. The normalized spacial score (nSPS) is 20.9. The third-order valence-electron chi connectivity index (χ3n) is 4.60. The highest BCUT2D eigenvalue weighted by molar-refractivity contribution is 5.94. The van der Waals surface area contributed by atoms with E-state index in [2.05, 4.69) is 6.92 Å². The fraction of sp³-hybridized carbons (Fsp3) is 0.421. The van der Waals surface area contributed by atoms with Gasteiger partial charge in [-0.2, -0.15) is 0 Å². The molecule has 1 aromatic heterocycles. The molecular weight excluding hydrogens is 288 g/mol. The first-order valence-electron chi connectivity index (χ1n) is 8.30. The number of furan rings is 1. The van der Waals surface area contributed by atoms with E-state index in [0.717, 1.165) is 36.5 Å². The number of amides is 1. The molecule has 0 aliphatic carbocycles. The van der Waals surface area contributed by atoms with Crippen LogP contribution in [0.15, 0.2) is 40.8 Å². The predicted octanol–water partition coefficient (Wildman–Crippen LogP) is 3.45. The molecule has 2 N–H and O–H groups in total. The van der Waals surface area contributed by atoms with Gasteiger partial charge in [0, 0.05) is 30.3 Å². The Morgan fingerprint density at radius 3 is 2.57 bits per heavy atom. The highest BCUT2D eigenvalue weighted by Gasteiger charge is 2.32. The van der Waals surface area contributed by atoms with E-state index >= 15 is 0 Å². The fourth-order valence-corrected chi connectivity index (χ4v) is 3.29. The van der Waals surface area contributed by atoms with Gasteiger partial charge in [0.1, 0.15) is 11.5 Å². The van der Waals surface area contributed by atoms with Crippen LogP contribution in [-0.2, 0) is 0 Å². The first-order chi connectivity index (χ1) is 11.1. The summed E-state index contributed by atoms with van der Waals surface area (Å²) in [5.41, 5.74) is 7.86. The van der Waals surface area contributed by atoms with Crippen molar-refractivity contribution >= 4 is 5.91 Å². The molecule has 4 nitrogen and oxygen atoms in total. The van der Waals surface area contributed by atoms with Crippen molar-refractivity contribution in [2.75, 3.05) is 13.1 Å². The van der Waals surface area contributed by atoms with Crippen LogP contribution in [0.25, 0.3) is 11.3 Å². The molecule has 3 rings (SSSR count). The quantitative estimate of drug-likeness (QED) is 0.940. The minimum atomic E-state index is 0.0706. The second-order valence-corrected chi connectivity index (χ2v) is 6.41. The number of benzene rings is 1. The van der Waals surface area contributed by atoms with Gasteiger partial charge in [-0.3, -0.25) is 4.79 Å². The summed E-state index contributed by atoms with van der Waals surface area (Å²) in [6, 6.07) is 11.6. The third-order valence-corrected chi connectivity index (χ3v) is 4.60. The predicted molar refractivity (Wildman–Crippen MR) is 91.2 cm³/mol. The molecule has 0 saturated carbocycles. The zero-order valence-corrected chi connectivity index (χ0v) is 13.8. The summed E-state index contributed by atoms with van der Waals surface area (Å²) in [6.07, 6.45) is 2.19. The zero-order chi connectivity index (χ0) is 16.4. The molecule has 1 fully saturated rings. The van der Waals surface area contributed by atoms with Crippen molar-refractivity contribution in [1.29, 1.82) is 0 Å². The monoisotopic (exact) mass is 312 g/mol. The average Bonchev–Trinajstić information content (AvgIpc) is 3.14. The van der Waals surface area contributed by atoms with Crippen molar-refractivity contribution in [2.24, 2.45) is 11.7 Å². The fourth-order valence-electron chi connectivity index (χ4n) is 3.29. The van der Waals surface area contributed by atoms with Gasteiger partial charge in [0.05, 0.1) is 0 Å². The SMILES string of the molecule is CCCC1CN(C(=O)c2ccc(-c3ccc(C)o3)cc2)CC1N. The van der Waals surface area contributed by atoms with Crippen LogP contribution >= 0.6 is 0 Å². The molecule has 1 saturated heterocycles. The van der Waals surface area contributed by atoms with Crippen LogP contribution in [0.2, 0.25) is 0 Å². The maximum Gasteiger partial charge on any atom is 0.253 e. The van der Waals surface area contributed by atoms with E-state index in [1.807, 2.05) is 48.2 Å². The molecule has 0 spiro atoms. The van der Waals surface area contributed by atoms with Gasteiger partial charge in [-0.1, -0.05) is 25.5 Å². The van der Waals surface area contributed by atoms with Crippen LogP contribution in [0.5, 0.6) is 0 Å². The Labute approximate surface area is 137 Å². The molecule has 0 radical (unpaired) electrons. The summed E-state index contributed by atoms with van der Waals surface area (Å²) in [7, 11) is 0. The number of hydrogen-bond acceptors (Lipinski definition) is 3. The number of likely N-dealkylation sites (tertiary alicyclic amines) is 1. The van der Waals surface area contributed by atoms with Gasteiger partial charge in [-0.05, 0) is 43.5 Å². The molecule has 0 bridgehead atoms. The van der Waals surface area contributed by atoms with Crippen molar-refractivity contribution in [2.45, 2.75) is 32.7 Å². The molecule has 2 atom stereocenters. The van der Waals surface area contributed by atoms with E-state index in [0.29, 0.717) is 18.0 Å². The van der Waals surface area contributed by atoms with Crippen molar-refractivity contribution < 1.29 is 9.21 Å². The van der Waals surface area contributed by atoms with E-state index in [1.54, 1.807) is 0 Å². The van der Waals surface area contributed by atoms with Crippen molar-refractivity contribution in [3.63, 3.8) is 0 Å². The topological polar surface area (TPSA) is 59.5 Å². The zero-order valence-electron chi connectivity index (χ0n) is 13.8. The van der Waals surface area contributed by atoms with E-state index < -0.39 is 0 Å². The molecule has 1 aliphatic rings. The number of aryl methyl sites for hydroxylation is 1. The number of hydrogen-bond donors (Lipinski definition) is 1. The van der Waals surface area contributed by atoms with E-state index in [1.165, 1.54) is 0 Å². The Bertz CT molecular complexity index is 675. The molecular formula is C19H24N2O2. The average molecular weight is 312 g/mol. The number of nitrogens with two attached hydrogens (primary N) is 1. The summed E-state index contributed by atoms with van der Waals surface area (Å²) in [6.45, 7) is 5.51. The van der Waals surface area contributed by atoms with Crippen LogP contribution in [0.1, 0.15) is 35.9 Å².